The molecular formula is C17H23N3O2. The number of carbonyl (C=O) groups is 1. The lowest BCUT2D eigenvalue weighted by Crippen LogP contribution is -2.39. The number of rotatable bonds is 2. The van der Waals surface area contributed by atoms with E-state index in [2.05, 4.69) is 17.1 Å². The first-order chi connectivity index (χ1) is 10.5. The van der Waals surface area contributed by atoms with E-state index in [1.54, 1.807) is 0 Å². The van der Waals surface area contributed by atoms with Gasteiger partial charge in [0.1, 0.15) is 0 Å². The van der Waals surface area contributed by atoms with E-state index in [0.717, 1.165) is 35.5 Å². The first-order valence-corrected chi connectivity index (χ1v) is 7.98. The van der Waals surface area contributed by atoms with E-state index in [1.165, 1.54) is 12.8 Å². The average molecular weight is 301 g/mol. The molecule has 1 aliphatic rings. The van der Waals surface area contributed by atoms with E-state index < -0.39 is 0 Å². The van der Waals surface area contributed by atoms with E-state index >= 15 is 0 Å². The quantitative estimate of drug-likeness (QED) is 0.852. The van der Waals surface area contributed by atoms with Gasteiger partial charge >= 0.3 is 0 Å². The van der Waals surface area contributed by atoms with E-state index in [1.807, 2.05) is 31.9 Å². The molecule has 0 spiro atoms. The van der Waals surface area contributed by atoms with Crippen molar-refractivity contribution in [1.82, 2.24) is 15.0 Å². The molecule has 22 heavy (non-hydrogen) atoms. The molecule has 0 unspecified atom stereocenters. The zero-order valence-electron chi connectivity index (χ0n) is 13.7. The SMILES string of the molecule is Cc1cc(C(=O)N(C)C2CCC(C)CC2)c2c(C)noc2n1. The van der Waals surface area contributed by atoms with Crippen molar-refractivity contribution < 1.29 is 9.32 Å². The van der Waals surface area contributed by atoms with Crippen LogP contribution in [0.1, 0.15) is 54.4 Å². The first kappa shape index (κ1) is 15.0. The lowest BCUT2D eigenvalue weighted by molar-refractivity contribution is 0.0681. The van der Waals surface area contributed by atoms with Gasteiger partial charge in [-0.3, -0.25) is 4.79 Å². The van der Waals surface area contributed by atoms with Crippen LogP contribution in [0.5, 0.6) is 0 Å². The Morgan fingerprint density at radius 1 is 1.27 bits per heavy atom. The van der Waals surface area contributed by atoms with Crippen molar-refractivity contribution in [2.24, 2.45) is 5.92 Å². The van der Waals surface area contributed by atoms with Crippen molar-refractivity contribution in [1.29, 1.82) is 0 Å². The number of carbonyl (C=O) groups excluding carboxylic acids is 1. The van der Waals surface area contributed by atoms with E-state index in [0.29, 0.717) is 17.3 Å². The van der Waals surface area contributed by atoms with Crippen molar-refractivity contribution in [3.63, 3.8) is 0 Å². The molecule has 1 amide bonds. The second-order valence-electron chi connectivity index (χ2n) is 6.59. The minimum atomic E-state index is 0.0429. The van der Waals surface area contributed by atoms with Crippen molar-refractivity contribution in [3.05, 3.63) is 23.0 Å². The zero-order chi connectivity index (χ0) is 15.9. The average Bonchev–Trinajstić information content (AvgIpc) is 2.87. The third-order valence-corrected chi connectivity index (χ3v) is 4.83. The highest BCUT2D eigenvalue weighted by Gasteiger charge is 2.27. The van der Waals surface area contributed by atoms with E-state index in [9.17, 15) is 4.79 Å². The smallest absolute Gasteiger partial charge is 0.258 e. The maximum Gasteiger partial charge on any atom is 0.258 e. The molecule has 0 atom stereocenters. The molecule has 1 saturated carbocycles. The van der Waals surface area contributed by atoms with Gasteiger partial charge in [-0.1, -0.05) is 12.1 Å². The van der Waals surface area contributed by atoms with Crippen molar-refractivity contribution >= 4 is 17.0 Å². The third kappa shape index (κ3) is 2.60. The number of aryl methyl sites for hydroxylation is 2. The maximum absolute atomic E-state index is 13.0. The van der Waals surface area contributed by atoms with Crippen LogP contribution in [0.25, 0.3) is 11.1 Å². The number of aromatic nitrogens is 2. The molecule has 0 saturated heterocycles. The number of fused-ring (bicyclic) bond motifs is 1. The second-order valence-corrected chi connectivity index (χ2v) is 6.59. The lowest BCUT2D eigenvalue weighted by Gasteiger charge is -2.33. The molecule has 3 rings (SSSR count). The fourth-order valence-electron chi connectivity index (χ4n) is 3.37. The number of hydrogen-bond donors (Lipinski definition) is 0. The molecule has 5 heteroatoms. The third-order valence-electron chi connectivity index (χ3n) is 4.83. The van der Waals surface area contributed by atoms with Crippen LogP contribution < -0.4 is 0 Å². The number of pyridine rings is 1. The lowest BCUT2D eigenvalue weighted by atomic mass is 9.86. The van der Waals surface area contributed by atoms with Gasteiger partial charge in [-0.2, -0.15) is 0 Å². The maximum atomic E-state index is 13.0. The van der Waals surface area contributed by atoms with Crippen molar-refractivity contribution in [2.75, 3.05) is 7.05 Å². The van der Waals surface area contributed by atoms with E-state index in [-0.39, 0.29) is 5.91 Å². The van der Waals surface area contributed by atoms with Gasteiger partial charge in [0, 0.05) is 18.8 Å². The van der Waals surface area contributed by atoms with Gasteiger partial charge < -0.3 is 9.42 Å². The van der Waals surface area contributed by atoms with Crippen LogP contribution >= 0.6 is 0 Å². The number of amides is 1. The van der Waals surface area contributed by atoms with Gasteiger partial charge in [-0.15, -0.1) is 0 Å². The predicted octanol–water partition coefficient (Wildman–Crippen LogP) is 3.49. The summed E-state index contributed by atoms with van der Waals surface area (Å²) in [5.74, 6) is 0.816. The van der Waals surface area contributed by atoms with Gasteiger partial charge in [-0.25, -0.2) is 4.98 Å². The van der Waals surface area contributed by atoms with Crippen LogP contribution in [0.15, 0.2) is 10.6 Å². The standard InChI is InChI=1S/C17H23N3O2/c1-10-5-7-13(8-6-10)20(4)17(21)14-9-11(2)18-16-15(14)12(3)19-22-16/h9-10,13H,5-8H2,1-4H3. The summed E-state index contributed by atoms with van der Waals surface area (Å²) in [6.45, 7) is 6.01. The number of hydrogen-bond acceptors (Lipinski definition) is 4. The molecular weight excluding hydrogens is 278 g/mol. The summed E-state index contributed by atoms with van der Waals surface area (Å²) >= 11 is 0. The summed E-state index contributed by atoms with van der Waals surface area (Å²) < 4.78 is 5.23. The van der Waals surface area contributed by atoms with Gasteiger partial charge in [0.05, 0.1) is 16.6 Å². The molecule has 2 aromatic heterocycles. The Morgan fingerprint density at radius 2 is 1.95 bits per heavy atom. The monoisotopic (exact) mass is 301 g/mol. The normalized spacial score (nSPS) is 22.0. The van der Waals surface area contributed by atoms with Crippen molar-refractivity contribution in [3.8, 4) is 0 Å². The highest BCUT2D eigenvalue weighted by atomic mass is 16.5. The molecule has 0 N–H and O–H groups in total. The Balaban J connectivity index is 1.93. The van der Waals surface area contributed by atoms with Gasteiger partial charge in [0.2, 0.25) is 0 Å². The van der Waals surface area contributed by atoms with E-state index in [4.69, 9.17) is 4.52 Å². The van der Waals surface area contributed by atoms with Crippen LogP contribution in [0, 0.1) is 19.8 Å². The van der Waals surface area contributed by atoms with Crippen LogP contribution in [-0.4, -0.2) is 34.0 Å². The summed E-state index contributed by atoms with van der Waals surface area (Å²) in [5, 5.41) is 4.70. The summed E-state index contributed by atoms with van der Waals surface area (Å²) in [6, 6.07) is 2.17. The Hall–Kier alpha value is -1.91. The topological polar surface area (TPSA) is 59.2 Å². The molecule has 0 radical (unpaired) electrons. The first-order valence-electron chi connectivity index (χ1n) is 7.98. The zero-order valence-corrected chi connectivity index (χ0v) is 13.7. The Bertz CT molecular complexity index is 699. The van der Waals surface area contributed by atoms with Crippen LogP contribution in [0.4, 0.5) is 0 Å². The Morgan fingerprint density at radius 3 is 2.64 bits per heavy atom. The summed E-state index contributed by atoms with van der Waals surface area (Å²) in [4.78, 5) is 19.2. The van der Waals surface area contributed by atoms with Crippen LogP contribution in [0.3, 0.4) is 0 Å². The largest absolute Gasteiger partial charge is 0.339 e. The van der Waals surface area contributed by atoms with Gasteiger partial charge in [0.15, 0.2) is 0 Å². The Kier molecular flexibility index (Phi) is 3.89. The minimum absolute atomic E-state index is 0.0429. The van der Waals surface area contributed by atoms with Crippen LogP contribution in [-0.2, 0) is 0 Å². The molecule has 2 aromatic rings. The molecule has 118 valence electrons. The van der Waals surface area contributed by atoms with Gasteiger partial charge in [0.25, 0.3) is 11.6 Å². The summed E-state index contributed by atoms with van der Waals surface area (Å²) in [5.41, 5.74) is 2.60. The fourth-order valence-corrected chi connectivity index (χ4v) is 3.37. The van der Waals surface area contributed by atoms with Crippen LogP contribution in [0.2, 0.25) is 0 Å². The Labute approximate surface area is 130 Å². The fraction of sp³-hybridized carbons (Fsp3) is 0.588. The minimum Gasteiger partial charge on any atom is -0.339 e. The number of nitrogens with zero attached hydrogens (tertiary/aromatic N) is 3. The molecule has 2 heterocycles. The molecule has 0 aromatic carbocycles. The van der Waals surface area contributed by atoms with Gasteiger partial charge in [-0.05, 0) is 51.5 Å². The highest BCUT2D eigenvalue weighted by molar-refractivity contribution is 6.06. The summed E-state index contributed by atoms with van der Waals surface area (Å²) in [6.07, 6.45) is 4.55. The highest BCUT2D eigenvalue weighted by Crippen LogP contribution is 2.29. The summed E-state index contributed by atoms with van der Waals surface area (Å²) in [7, 11) is 1.91. The molecule has 1 aliphatic carbocycles. The molecule has 0 bridgehead atoms. The molecule has 0 aliphatic heterocycles. The van der Waals surface area contributed by atoms with Crippen molar-refractivity contribution in [2.45, 2.75) is 52.5 Å². The molecule has 5 nitrogen and oxygen atoms in total. The molecule has 1 fully saturated rings. The second kappa shape index (κ2) is 5.71. The predicted molar refractivity (Wildman–Crippen MR) is 84.8 cm³/mol.